The van der Waals surface area contributed by atoms with Gasteiger partial charge in [-0.1, -0.05) is 20.8 Å². The van der Waals surface area contributed by atoms with Crippen molar-refractivity contribution >= 4 is 5.91 Å². The first kappa shape index (κ1) is 18.4. The average molecular weight is 381 g/mol. The number of aromatic amines is 1. The molecule has 7 heteroatoms. The number of benzene rings is 1. The molecule has 0 aliphatic heterocycles. The number of aromatic nitrogens is 4. The maximum absolute atomic E-state index is 13.3. The number of hydrogen-bond acceptors (Lipinski definition) is 3. The van der Waals surface area contributed by atoms with Crippen LogP contribution in [0.4, 0.5) is 4.39 Å². The third-order valence-electron chi connectivity index (χ3n) is 5.30. The fraction of sp³-hybridized carbons (Fsp3) is 0.381. The van der Waals surface area contributed by atoms with Gasteiger partial charge in [0, 0.05) is 11.3 Å². The number of nitrogens with one attached hydrogen (secondary N) is 2. The quantitative estimate of drug-likeness (QED) is 0.723. The summed E-state index contributed by atoms with van der Waals surface area (Å²) in [7, 11) is 0. The van der Waals surface area contributed by atoms with Gasteiger partial charge in [-0.25, -0.2) is 9.07 Å². The number of amides is 1. The number of nitrogens with zero attached hydrogens (tertiary/aromatic N) is 3. The molecule has 1 aliphatic carbocycles. The summed E-state index contributed by atoms with van der Waals surface area (Å²) < 4.78 is 15.1. The number of carbonyl (C=O) groups is 1. The van der Waals surface area contributed by atoms with E-state index in [1.54, 1.807) is 24.4 Å². The summed E-state index contributed by atoms with van der Waals surface area (Å²) in [5, 5.41) is 14.6. The molecule has 0 unspecified atom stereocenters. The Morgan fingerprint density at radius 2 is 2.11 bits per heavy atom. The van der Waals surface area contributed by atoms with Crippen molar-refractivity contribution in [2.45, 2.75) is 46.1 Å². The van der Waals surface area contributed by atoms with E-state index in [1.165, 1.54) is 12.1 Å². The normalized spacial score (nSPS) is 17.9. The molecule has 1 aromatic carbocycles. The molecule has 1 atom stereocenters. The third kappa shape index (κ3) is 3.44. The first-order valence-electron chi connectivity index (χ1n) is 9.54. The Morgan fingerprint density at radius 3 is 2.79 bits per heavy atom. The molecule has 0 bridgehead atoms. The van der Waals surface area contributed by atoms with Crippen LogP contribution in [0, 0.1) is 11.2 Å². The van der Waals surface area contributed by atoms with E-state index in [0.29, 0.717) is 5.69 Å². The van der Waals surface area contributed by atoms with Crippen molar-refractivity contribution in [2.75, 3.05) is 0 Å². The number of carbonyl (C=O) groups excluding carboxylic acids is 1. The fourth-order valence-corrected chi connectivity index (χ4v) is 3.87. The summed E-state index contributed by atoms with van der Waals surface area (Å²) >= 11 is 0. The van der Waals surface area contributed by atoms with Gasteiger partial charge in [-0.2, -0.15) is 10.2 Å². The van der Waals surface area contributed by atoms with Gasteiger partial charge < -0.3 is 5.32 Å². The van der Waals surface area contributed by atoms with Gasteiger partial charge in [0.25, 0.3) is 5.91 Å². The third-order valence-corrected chi connectivity index (χ3v) is 5.30. The second-order valence-electron chi connectivity index (χ2n) is 8.14. The van der Waals surface area contributed by atoms with Crippen LogP contribution in [0.25, 0.3) is 5.69 Å². The predicted octanol–water partition coefficient (Wildman–Crippen LogP) is 3.74. The molecule has 146 valence electrons. The van der Waals surface area contributed by atoms with Crippen LogP contribution in [0.5, 0.6) is 0 Å². The number of hydrogen-bond donors (Lipinski definition) is 2. The van der Waals surface area contributed by atoms with Gasteiger partial charge >= 0.3 is 0 Å². The lowest BCUT2D eigenvalue weighted by Crippen LogP contribution is -2.37. The van der Waals surface area contributed by atoms with Crippen molar-refractivity contribution in [1.29, 1.82) is 0 Å². The standard InChI is InChI=1S/C21H24FN5O/c1-4-14-9-17(26-25-14)20(28)24-18-10-21(2,3)11-19-16(18)12-23-27(19)15-7-5-13(22)6-8-15/h5-9,12,18H,4,10-11H2,1-3H3,(H,24,28)(H,25,26)/t18-/m0/s1. The number of fused-ring (bicyclic) bond motifs is 1. The van der Waals surface area contributed by atoms with Crippen LogP contribution < -0.4 is 5.32 Å². The van der Waals surface area contributed by atoms with Gasteiger partial charge in [0.1, 0.15) is 11.5 Å². The minimum Gasteiger partial charge on any atom is -0.344 e. The molecule has 2 heterocycles. The summed E-state index contributed by atoms with van der Waals surface area (Å²) in [4.78, 5) is 12.7. The summed E-state index contributed by atoms with van der Waals surface area (Å²) in [6.45, 7) is 6.37. The maximum atomic E-state index is 13.3. The Labute approximate surface area is 163 Å². The first-order chi connectivity index (χ1) is 13.4. The lowest BCUT2D eigenvalue weighted by molar-refractivity contribution is 0.0914. The summed E-state index contributed by atoms with van der Waals surface area (Å²) in [6.07, 6.45) is 4.24. The second-order valence-corrected chi connectivity index (χ2v) is 8.14. The molecule has 2 N–H and O–H groups in total. The monoisotopic (exact) mass is 381 g/mol. The van der Waals surface area contributed by atoms with E-state index in [-0.39, 0.29) is 23.2 Å². The predicted molar refractivity (Wildman–Crippen MR) is 104 cm³/mol. The zero-order chi connectivity index (χ0) is 19.9. The zero-order valence-corrected chi connectivity index (χ0v) is 16.3. The number of aryl methyl sites for hydroxylation is 1. The number of halogens is 1. The molecule has 28 heavy (non-hydrogen) atoms. The van der Waals surface area contributed by atoms with Crippen molar-refractivity contribution < 1.29 is 9.18 Å². The highest BCUT2D eigenvalue weighted by Gasteiger charge is 2.36. The molecule has 1 aliphatic rings. The molecule has 2 aromatic heterocycles. The highest BCUT2D eigenvalue weighted by Crippen LogP contribution is 2.41. The van der Waals surface area contributed by atoms with E-state index in [1.807, 2.05) is 11.6 Å². The molecule has 0 fully saturated rings. The van der Waals surface area contributed by atoms with Crippen LogP contribution in [0.3, 0.4) is 0 Å². The van der Waals surface area contributed by atoms with Crippen molar-refractivity contribution in [1.82, 2.24) is 25.3 Å². The molecule has 3 aromatic rings. The molecule has 1 amide bonds. The highest BCUT2D eigenvalue weighted by atomic mass is 19.1. The largest absolute Gasteiger partial charge is 0.344 e. The van der Waals surface area contributed by atoms with Crippen molar-refractivity contribution in [3.8, 4) is 5.69 Å². The number of rotatable bonds is 4. The lowest BCUT2D eigenvalue weighted by Gasteiger charge is -2.35. The minimum atomic E-state index is -0.277. The van der Waals surface area contributed by atoms with Crippen LogP contribution in [-0.2, 0) is 12.8 Å². The SMILES string of the molecule is CCc1cc(C(=O)N[C@H]2CC(C)(C)Cc3c2cnn3-c2ccc(F)cc2)n[nH]1. The maximum Gasteiger partial charge on any atom is 0.272 e. The van der Waals surface area contributed by atoms with Gasteiger partial charge in [-0.15, -0.1) is 0 Å². The molecule has 4 rings (SSSR count). The van der Waals surface area contributed by atoms with E-state index in [0.717, 1.165) is 41.9 Å². The molecule has 0 saturated heterocycles. The van der Waals surface area contributed by atoms with Crippen LogP contribution in [0.1, 0.15) is 60.7 Å². The van der Waals surface area contributed by atoms with Crippen LogP contribution in [-0.4, -0.2) is 25.9 Å². The van der Waals surface area contributed by atoms with Crippen molar-refractivity contribution in [3.63, 3.8) is 0 Å². The average Bonchev–Trinajstić information content (AvgIpc) is 3.28. The summed E-state index contributed by atoms with van der Waals surface area (Å²) in [5.41, 5.74) is 4.17. The Bertz CT molecular complexity index is 1000. The van der Waals surface area contributed by atoms with E-state index >= 15 is 0 Å². The topological polar surface area (TPSA) is 75.6 Å². The molecular formula is C21H24FN5O. The molecule has 6 nitrogen and oxygen atoms in total. The Balaban J connectivity index is 1.65. The summed E-state index contributed by atoms with van der Waals surface area (Å²) in [6, 6.07) is 7.93. The molecule has 0 saturated carbocycles. The van der Waals surface area contributed by atoms with Gasteiger partial charge in [0.2, 0.25) is 0 Å². The van der Waals surface area contributed by atoms with Crippen molar-refractivity contribution in [3.05, 3.63) is 65.0 Å². The fourth-order valence-electron chi connectivity index (χ4n) is 3.87. The smallest absolute Gasteiger partial charge is 0.272 e. The van der Waals surface area contributed by atoms with E-state index in [4.69, 9.17) is 0 Å². The molecule has 0 spiro atoms. The minimum absolute atomic E-state index is 0.0110. The second kappa shape index (κ2) is 6.89. The van der Waals surface area contributed by atoms with Gasteiger partial charge in [0.15, 0.2) is 0 Å². The lowest BCUT2D eigenvalue weighted by atomic mass is 9.74. The Morgan fingerprint density at radius 1 is 1.36 bits per heavy atom. The number of H-pyrrole nitrogens is 1. The summed E-state index contributed by atoms with van der Waals surface area (Å²) in [5.74, 6) is -0.472. The zero-order valence-electron chi connectivity index (χ0n) is 16.3. The van der Waals surface area contributed by atoms with Gasteiger partial charge in [-0.3, -0.25) is 9.89 Å². The molecule has 0 radical (unpaired) electrons. The van der Waals surface area contributed by atoms with Crippen molar-refractivity contribution in [2.24, 2.45) is 5.41 Å². The van der Waals surface area contributed by atoms with Crippen LogP contribution in [0.15, 0.2) is 36.5 Å². The van der Waals surface area contributed by atoms with E-state index < -0.39 is 0 Å². The van der Waals surface area contributed by atoms with E-state index in [2.05, 4.69) is 34.5 Å². The Hall–Kier alpha value is -2.96. The molecular weight excluding hydrogens is 357 g/mol. The Kier molecular flexibility index (Phi) is 4.53. The van der Waals surface area contributed by atoms with Gasteiger partial charge in [0.05, 0.1) is 23.6 Å². The van der Waals surface area contributed by atoms with Crippen LogP contribution >= 0.6 is 0 Å². The van der Waals surface area contributed by atoms with Crippen LogP contribution in [0.2, 0.25) is 0 Å². The van der Waals surface area contributed by atoms with Gasteiger partial charge in [-0.05, 0) is 55.0 Å². The first-order valence-corrected chi connectivity index (χ1v) is 9.54. The van der Waals surface area contributed by atoms with E-state index in [9.17, 15) is 9.18 Å². The highest BCUT2D eigenvalue weighted by molar-refractivity contribution is 5.92.